The van der Waals surface area contributed by atoms with E-state index in [4.69, 9.17) is 21.3 Å². The van der Waals surface area contributed by atoms with Crippen molar-refractivity contribution in [2.24, 2.45) is 0 Å². The maximum atomic E-state index is 5.88. The highest BCUT2D eigenvalue weighted by Crippen LogP contribution is 2.24. The number of morpholine rings is 1. The Morgan fingerprint density at radius 1 is 1.00 bits per heavy atom. The molecule has 0 atom stereocenters. The van der Waals surface area contributed by atoms with Crippen molar-refractivity contribution >= 4 is 29.3 Å². The highest BCUT2D eigenvalue weighted by molar-refractivity contribution is 6.30. The fourth-order valence-corrected chi connectivity index (χ4v) is 3.66. The Bertz CT molecular complexity index is 746. The minimum absolute atomic E-state index is 0.431. The van der Waals surface area contributed by atoms with Crippen LogP contribution >= 0.6 is 11.6 Å². The van der Waals surface area contributed by atoms with Gasteiger partial charge in [0.2, 0.25) is 11.9 Å². The van der Waals surface area contributed by atoms with Crippen LogP contribution < -0.4 is 14.7 Å². The van der Waals surface area contributed by atoms with Crippen LogP contribution in [-0.2, 0) is 4.74 Å². The lowest BCUT2D eigenvalue weighted by atomic mass is 10.0. The van der Waals surface area contributed by atoms with E-state index < -0.39 is 0 Å². The molecule has 2 aromatic rings. The Morgan fingerprint density at radius 2 is 1.67 bits per heavy atom. The number of hydrogen-bond donors (Lipinski definition) is 0. The van der Waals surface area contributed by atoms with E-state index in [1.165, 1.54) is 0 Å². The molecule has 2 aromatic heterocycles. The Kier molecular flexibility index (Phi) is 5.54. The van der Waals surface area contributed by atoms with Crippen LogP contribution in [0.3, 0.4) is 0 Å². The third-order valence-corrected chi connectivity index (χ3v) is 5.38. The molecular weight excluding hydrogens is 366 g/mol. The van der Waals surface area contributed by atoms with Crippen LogP contribution in [0, 0.1) is 0 Å². The van der Waals surface area contributed by atoms with Crippen molar-refractivity contribution in [1.82, 2.24) is 19.9 Å². The summed E-state index contributed by atoms with van der Waals surface area (Å²) in [5.41, 5.74) is 0. The van der Waals surface area contributed by atoms with Crippen molar-refractivity contribution in [3.05, 3.63) is 29.7 Å². The molecule has 0 saturated carbocycles. The maximum absolute atomic E-state index is 5.88. The molecule has 2 aliphatic heterocycles. The van der Waals surface area contributed by atoms with E-state index in [1.807, 2.05) is 12.3 Å². The molecule has 2 fully saturated rings. The zero-order chi connectivity index (χ0) is 18.6. The molecule has 2 aliphatic rings. The summed E-state index contributed by atoms with van der Waals surface area (Å²) in [5, 5.41) is 0.563. The summed E-state index contributed by atoms with van der Waals surface area (Å²) in [4.78, 5) is 24.5. The molecule has 0 unspecified atom stereocenters. The molecule has 9 heteroatoms. The van der Waals surface area contributed by atoms with Crippen molar-refractivity contribution in [3.63, 3.8) is 0 Å². The molecule has 27 heavy (non-hydrogen) atoms. The second-order valence-corrected chi connectivity index (χ2v) is 7.28. The standard InChI is InChI=1S/C18H24ClN7O/c1-24(16-2-5-20-18(23-16)26-8-10-27-11-9-26)15-3-6-25(7-4-15)17-21-12-14(19)13-22-17/h2,5,12-13,15H,3-4,6-11H2,1H3. The Balaban J connectivity index is 1.39. The third-order valence-electron chi connectivity index (χ3n) is 5.19. The van der Waals surface area contributed by atoms with E-state index in [9.17, 15) is 0 Å². The number of hydrogen-bond acceptors (Lipinski definition) is 8. The predicted molar refractivity (Wildman–Crippen MR) is 106 cm³/mol. The first kappa shape index (κ1) is 18.2. The predicted octanol–water partition coefficient (Wildman–Crippen LogP) is 1.86. The van der Waals surface area contributed by atoms with E-state index >= 15 is 0 Å². The first-order valence-corrected chi connectivity index (χ1v) is 9.69. The molecular formula is C18H24ClN7O. The van der Waals surface area contributed by atoms with Crippen molar-refractivity contribution in [2.75, 3.05) is 61.1 Å². The van der Waals surface area contributed by atoms with Gasteiger partial charge in [0.15, 0.2) is 0 Å². The fourth-order valence-electron chi connectivity index (χ4n) is 3.56. The van der Waals surface area contributed by atoms with Gasteiger partial charge in [-0.2, -0.15) is 4.98 Å². The van der Waals surface area contributed by atoms with Gasteiger partial charge in [-0.05, 0) is 18.9 Å². The van der Waals surface area contributed by atoms with Gasteiger partial charge in [0.1, 0.15) is 5.82 Å². The molecule has 4 rings (SSSR count). The summed E-state index contributed by atoms with van der Waals surface area (Å²) in [6.45, 7) is 4.97. The quantitative estimate of drug-likeness (QED) is 0.784. The van der Waals surface area contributed by atoms with Crippen LogP contribution in [0.4, 0.5) is 17.7 Å². The molecule has 4 heterocycles. The number of nitrogens with zero attached hydrogens (tertiary/aromatic N) is 7. The van der Waals surface area contributed by atoms with E-state index in [0.29, 0.717) is 11.1 Å². The molecule has 2 saturated heterocycles. The first-order valence-electron chi connectivity index (χ1n) is 9.32. The zero-order valence-corrected chi connectivity index (χ0v) is 16.2. The van der Waals surface area contributed by atoms with Crippen LogP contribution in [0.1, 0.15) is 12.8 Å². The van der Waals surface area contributed by atoms with E-state index in [1.54, 1.807) is 12.4 Å². The largest absolute Gasteiger partial charge is 0.378 e. The number of ether oxygens (including phenoxy) is 1. The lowest BCUT2D eigenvalue weighted by molar-refractivity contribution is 0.122. The molecule has 144 valence electrons. The summed E-state index contributed by atoms with van der Waals surface area (Å²) in [7, 11) is 2.12. The van der Waals surface area contributed by atoms with Crippen molar-refractivity contribution in [1.29, 1.82) is 0 Å². The van der Waals surface area contributed by atoms with E-state index in [0.717, 1.165) is 69.9 Å². The van der Waals surface area contributed by atoms with Crippen LogP contribution in [0.15, 0.2) is 24.7 Å². The summed E-state index contributed by atoms with van der Waals surface area (Å²) in [6, 6.07) is 2.42. The van der Waals surface area contributed by atoms with Gasteiger partial charge >= 0.3 is 0 Å². The van der Waals surface area contributed by atoms with Crippen LogP contribution in [0.2, 0.25) is 5.02 Å². The Labute approximate surface area is 164 Å². The van der Waals surface area contributed by atoms with Crippen molar-refractivity contribution < 1.29 is 4.74 Å². The summed E-state index contributed by atoms with van der Waals surface area (Å²) in [6.07, 6.45) is 7.20. The van der Waals surface area contributed by atoms with E-state index in [2.05, 4.69) is 36.7 Å². The lowest BCUT2D eigenvalue weighted by Gasteiger charge is -2.37. The third kappa shape index (κ3) is 4.22. The van der Waals surface area contributed by atoms with Crippen LogP contribution in [0.5, 0.6) is 0 Å². The summed E-state index contributed by atoms with van der Waals surface area (Å²) in [5.74, 6) is 2.50. The second-order valence-electron chi connectivity index (χ2n) is 6.84. The van der Waals surface area contributed by atoms with Gasteiger partial charge in [0, 0.05) is 45.5 Å². The molecule has 8 nitrogen and oxygen atoms in total. The molecule has 0 aromatic carbocycles. The van der Waals surface area contributed by atoms with Gasteiger partial charge in [-0.25, -0.2) is 15.0 Å². The van der Waals surface area contributed by atoms with Crippen molar-refractivity contribution in [2.45, 2.75) is 18.9 Å². The van der Waals surface area contributed by atoms with Crippen LogP contribution in [-0.4, -0.2) is 72.4 Å². The molecule has 0 spiro atoms. The average molecular weight is 390 g/mol. The summed E-state index contributed by atoms with van der Waals surface area (Å²) < 4.78 is 5.42. The zero-order valence-electron chi connectivity index (χ0n) is 15.5. The normalized spacial score (nSPS) is 18.6. The minimum atomic E-state index is 0.431. The SMILES string of the molecule is CN(c1ccnc(N2CCOCC2)n1)C1CCN(c2ncc(Cl)cn2)CC1. The van der Waals surface area contributed by atoms with Gasteiger partial charge in [-0.15, -0.1) is 0 Å². The number of piperidine rings is 1. The van der Waals surface area contributed by atoms with Crippen molar-refractivity contribution in [3.8, 4) is 0 Å². The number of rotatable bonds is 4. The smallest absolute Gasteiger partial charge is 0.227 e. The number of anilines is 3. The monoisotopic (exact) mass is 389 g/mol. The average Bonchev–Trinajstić information content (AvgIpc) is 2.75. The van der Waals surface area contributed by atoms with Gasteiger partial charge in [0.25, 0.3) is 0 Å². The highest BCUT2D eigenvalue weighted by atomic mass is 35.5. The highest BCUT2D eigenvalue weighted by Gasteiger charge is 2.25. The lowest BCUT2D eigenvalue weighted by Crippen LogP contribution is -2.44. The minimum Gasteiger partial charge on any atom is -0.378 e. The second kappa shape index (κ2) is 8.22. The number of aromatic nitrogens is 4. The molecule has 0 aliphatic carbocycles. The number of halogens is 1. The first-order chi connectivity index (χ1) is 13.2. The maximum Gasteiger partial charge on any atom is 0.227 e. The van der Waals surface area contributed by atoms with Crippen LogP contribution in [0.25, 0.3) is 0 Å². The summed E-state index contributed by atoms with van der Waals surface area (Å²) >= 11 is 5.88. The topological polar surface area (TPSA) is 70.5 Å². The molecule has 0 bridgehead atoms. The molecule has 0 radical (unpaired) electrons. The molecule has 0 N–H and O–H groups in total. The Morgan fingerprint density at radius 3 is 2.37 bits per heavy atom. The van der Waals surface area contributed by atoms with Gasteiger partial charge in [-0.3, -0.25) is 0 Å². The van der Waals surface area contributed by atoms with Gasteiger partial charge in [0.05, 0.1) is 30.6 Å². The fraction of sp³-hybridized carbons (Fsp3) is 0.556. The molecule has 0 amide bonds. The van der Waals surface area contributed by atoms with E-state index in [-0.39, 0.29) is 0 Å². The van der Waals surface area contributed by atoms with Gasteiger partial charge < -0.3 is 19.4 Å². The Hall–Kier alpha value is -2.19. The van der Waals surface area contributed by atoms with Gasteiger partial charge in [-0.1, -0.05) is 11.6 Å².